The molecule has 23 heavy (non-hydrogen) atoms. The molecule has 0 spiro atoms. The van der Waals surface area contributed by atoms with Crippen molar-refractivity contribution in [3.05, 3.63) is 23.8 Å². The summed E-state index contributed by atoms with van der Waals surface area (Å²) in [4.78, 5) is 17.7. The van der Waals surface area contributed by atoms with Crippen LogP contribution in [-0.4, -0.2) is 47.8 Å². The van der Waals surface area contributed by atoms with Crippen LogP contribution in [0.3, 0.4) is 0 Å². The van der Waals surface area contributed by atoms with E-state index in [2.05, 4.69) is 15.8 Å². The number of aliphatic hydroxyl groups is 1. The molecule has 0 saturated heterocycles. The van der Waals surface area contributed by atoms with E-state index in [0.717, 1.165) is 16.1 Å². The van der Waals surface area contributed by atoms with Gasteiger partial charge in [-0.15, -0.1) is 11.8 Å². The molecule has 1 aliphatic rings. The van der Waals surface area contributed by atoms with Gasteiger partial charge in [-0.3, -0.25) is 4.79 Å². The second-order valence-corrected chi connectivity index (χ2v) is 6.75. The number of hydrogen-bond acceptors (Lipinski definition) is 6. The molecule has 1 aromatic carbocycles. The van der Waals surface area contributed by atoms with Crippen LogP contribution in [0.5, 0.6) is 0 Å². The second-order valence-electron chi connectivity index (χ2n) is 5.74. The molecule has 1 aromatic rings. The number of nitrogens with zero attached hydrogens (tertiary/aromatic N) is 1. The van der Waals surface area contributed by atoms with Gasteiger partial charge < -0.3 is 20.6 Å². The molecule has 1 unspecified atom stereocenters. The second kappa shape index (κ2) is 8.33. The van der Waals surface area contributed by atoms with Gasteiger partial charge in [0.15, 0.2) is 0 Å². The summed E-state index contributed by atoms with van der Waals surface area (Å²) in [5, 5.41) is 19.8. The standard InChI is InChI=1S/C16H23N3O3S/c1-10(2)17-7-13(20)8-22-19-11(3)12-4-5-15-14(6-12)18-16(21)9-23-15/h4-6,10,13,17,20H,7-9H2,1-3H3,(H,18,21)/b19-11-. The number of oxime groups is 1. The number of benzene rings is 1. The lowest BCUT2D eigenvalue weighted by Crippen LogP contribution is -2.34. The third kappa shape index (κ3) is 5.53. The summed E-state index contributed by atoms with van der Waals surface area (Å²) in [5.41, 5.74) is 2.38. The number of anilines is 1. The van der Waals surface area contributed by atoms with Gasteiger partial charge >= 0.3 is 0 Å². The molecule has 0 bridgehead atoms. The fourth-order valence-electron chi connectivity index (χ4n) is 2.01. The molecular formula is C16H23N3O3S. The van der Waals surface area contributed by atoms with Crippen LogP contribution in [0.1, 0.15) is 26.3 Å². The summed E-state index contributed by atoms with van der Waals surface area (Å²) >= 11 is 1.52. The Bertz CT molecular complexity index is 590. The van der Waals surface area contributed by atoms with Crippen molar-refractivity contribution in [1.82, 2.24) is 5.32 Å². The molecule has 1 amide bonds. The molecule has 7 heteroatoms. The number of rotatable bonds is 7. The molecular weight excluding hydrogens is 314 g/mol. The maximum absolute atomic E-state index is 11.4. The van der Waals surface area contributed by atoms with E-state index >= 15 is 0 Å². The third-order valence-corrected chi connectivity index (χ3v) is 4.33. The van der Waals surface area contributed by atoms with Crippen molar-refractivity contribution < 1.29 is 14.7 Å². The van der Waals surface area contributed by atoms with E-state index in [0.29, 0.717) is 24.1 Å². The van der Waals surface area contributed by atoms with Crippen LogP contribution in [0.4, 0.5) is 5.69 Å². The normalized spacial score (nSPS) is 16.0. The lowest BCUT2D eigenvalue weighted by molar-refractivity contribution is -0.113. The zero-order chi connectivity index (χ0) is 16.8. The van der Waals surface area contributed by atoms with Crippen LogP contribution < -0.4 is 10.6 Å². The van der Waals surface area contributed by atoms with Gasteiger partial charge in [0.1, 0.15) is 12.7 Å². The van der Waals surface area contributed by atoms with Gasteiger partial charge in [-0.1, -0.05) is 25.1 Å². The van der Waals surface area contributed by atoms with E-state index in [1.165, 1.54) is 11.8 Å². The lowest BCUT2D eigenvalue weighted by Gasteiger charge is -2.17. The fourth-order valence-corrected chi connectivity index (χ4v) is 2.80. The predicted molar refractivity (Wildman–Crippen MR) is 93.1 cm³/mol. The smallest absolute Gasteiger partial charge is 0.234 e. The first-order valence-electron chi connectivity index (χ1n) is 7.60. The van der Waals surface area contributed by atoms with Crippen molar-refractivity contribution in [3.63, 3.8) is 0 Å². The molecule has 2 rings (SSSR count). The van der Waals surface area contributed by atoms with Gasteiger partial charge in [-0.25, -0.2) is 0 Å². The van der Waals surface area contributed by atoms with E-state index < -0.39 is 6.10 Å². The molecule has 0 aliphatic carbocycles. The van der Waals surface area contributed by atoms with Crippen molar-refractivity contribution in [2.24, 2.45) is 5.16 Å². The Morgan fingerprint density at radius 3 is 3.04 bits per heavy atom. The molecule has 3 N–H and O–H groups in total. The molecule has 6 nitrogen and oxygen atoms in total. The molecule has 0 aromatic heterocycles. The number of carbonyl (C=O) groups is 1. The average molecular weight is 337 g/mol. The van der Waals surface area contributed by atoms with Crippen molar-refractivity contribution in [2.75, 3.05) is 24.2 Å². The summed E-state index contributed by atoms with van der Waals surface area (Å²) in [5.74, 6) is 0.455. The van der Waals surface area contributed by atoms with Gasteiger partial charge in [0, 0.05) is 23.0 Å². The molecule has 126 valence electrons. The van der Waals surface area contributed by atoms with Crippen molar-refractivity contribution in [2.45, 2.75) is 37.8 Å². The van der Waals surface area contributed by atoms with Gasteiger partial charge in [0.2, 0.25) is 5.91 Å². The van der Waals surface area contributed by atoms with Crippen LogP contribution in [0.2, 0.25) is 0 Å². The minimum atomic E-state index is -0.604. The van der Waals surface area contributed by atoms with Crippen LogP contribution in [-0.2, 0) is 9.63 Å². The number of amides is 1. The molecule has 0 radical (unpaired) electrons. The topological polar surface area (TPSA) is 82.9 Å². The predicted octanol–water partition coefficient (Wildman–Crippen LogP) is 1.83. The number of nitrogens with one attached hydrogen (secondary N) is 2. The van der Waals surface area contributed by atoms with E-state index in [-0.39, 0.29) is 12.5 Å². The summed E-state index contributed by atoms with van der Waals surface area (Å²) in [7, 11) is 0. The third-order valence-electron chi connectivity index (χ3n) is 3.26. The van der Waals surface area contributed by atoms with E-state index in [1.807, 2.05) is 39.0 Å². The molecule has 1 heterocycles. The average Bonchev–Trinajstić information content (AvgIpc) is 2.52. The van der Waals surface area contributed by atoms with Gasteiger partial charge in [-0.2, -0.15) is 0 Å². The highest BCUT2D eigenvalue weighted by molar-refractivity contribution is 8.00. The monoisotopic (exact) mass is 337 g/mol. The Balaban J connectivity index is 1.91. The number of thioether (sulfide) groups is 1. The summed E-state index contributed by atoms with van der Waals surface area (Å²) in [6, 6.07) is 6.12. The van der Waals surface area contributed by atoms with Gasteiger partial charge in [0.05, 0.1) is 17.2 Å². The summed E-state index contributed by atoms with van der Waals surface area (Å²) < 4.78 is 0. The highest BCUT2D eigenvalue weighted by Crippen LogP contribution is 2.32. The minimum absolute atomic E-state index is 0.00580. The summed E-state index contributed by atoms with van der Waals surface area (Å²) in [6.07, 6.45) is -0.604. The number of hydrogen-bond donors (Lipinski definition) is 3. The van der Waals surface area contributed by atoms with Crippen LogP contribution >= 0.6 is 11.8 Å². The first kappa shape index (κ1) is 17.8. The minimum Gasteiger partial charge on any atom is -0.393 e. The highest BCUT2D eigenvalue weighted by Gasteiger charge is 2.16. The van der Waals surface area contributed by atoms with E-state index in [1.54, 1.807) is 0 Å². The Labute approximate surface area is 140 Å². The first-order valence-corrected chi connectivity index (χ1v) is 8.59. The molecule has 0 saturated carbocycles. The zero-order valence-electron chi connectivity index (χ0n) is 13.6. The van der Waals surface area contributed by atoms with Crippen molar-refractivity contribution in [1.29, 1.82) is 0 Å². The highest BCUT2D eigenvalue weighted by atomic mass is 32.2. The Kier molecular flexibility index (Phi) is 6.44. The van der Waals surface area contributed by atoms with Crippen LogP contribution in [0.15, 0.2) is 28.3 Å². The Morgan fingerprint density at radius 1 is 1.52 bits per heavy atom. The largest absolute Gasteiger partial charge is 0.393 e. The number of aliphatic hydroxyl groups excluding tert-OH is 1. The Morgan fingerprint density at radius 2 is 2.30 bits per heavy atom. The quantitative estimate of drug-likeness (QED) is 0.522. The molecule has 1 aliphatic heterocycles. The van der Waals surface area contributed by atoms with E-state index in [9.17, 15) is 9.90 Å². The summed E-state index contributed by atoms with van der Waals surface area (Å²) in [6.45, 7) is 6.47. The first-order chi connectivity index (χ1) is 11.0. The van der Waals surface area contributed by atoms with Crippen molar-refractivity contribution in [3.8, 4) is 0 Å². The molecule has 1 atom stereocenters. The number of carbonyl (C=O) groups excluding carboxylic acids is 1. The fraction of sp³-hybridized carbons (Fsp3) is 0.500. The van der Waals surface area contributed by atoms with Gasteiger partial charge in [-0.05, 0) is 19.1 Å². The lowest BCUT2D eigenvalue weighted by atomic mass is 10.1. The van der Waals surface area contributed by atoms with Gasteiger partial charge in [0.25, 0.3) is 0 Å². The number of fused-ring (bicyclic) bond motifs is 1. The maximum Gasteiger partial charge on any atom is 0.234 e. The maximum atomic E-state index is 11.4. The molecule has 0 fully saturated rings. The Hall–Kier alpha value is -1.57. The van der Waals surface area contributed by atoms with Crippen LogP contribution in [0, 0.1) is 0 Å². The zero-order valence-corrected chi connectivity index (χ0v) is 14.4. The van der Waals surface area contributed by atoms with E-state index in [4.69, 9.17) is 4.84 Å². The van der Waals surface area contributed by atoms with Crippen LogP contribution in [0.25, 0.3) is 0 Å². The van der Waals surface area contributed by atoms with Crippen molar-refractivity contribution >= 4 is 29.1 Å². The SMILES string of the molecule is C/C(=N/OCC(O)CNC(C)C)c1ccc2c(c1)NC(=O)CS2.